The number of halogens is 1. The first kappa shape index (κ1) is 16.5. The van der Waals surface area contributed by atoms with Crippen molar-refractivity contribution < 1.29 is 24.5 Å². The van der Waals surface area contributed by atoms with Gasteiger partial charge in [-0.3, -0.25) is 9.36 Å². The highest BCUT2D eigenvalue weighted by molar-refractivity contribution is 7.08. The lowest BCUT2D eigenvalue weighted by atomic mass is 10.1. The second kappa shape index (κ2) is 5.52. The maximum absolute atomic E-state index is 14.4. The normalized spacial score (nSPS) is 15.9. The van der Waals surface area contributed by atoms with Gasteiger partial charge in [0.05, 0.1) is 18.5 Å². The van der Waals surface area contributed by atoms with Gasteiger partial charge in [-0.15, -0.1) is 0 Å². The number of carboxylic acids is 1. The van der Waals surface area contributed by atoms with Crippen molar-refractivity contribution in [3.05, 3.63) is 40.2 Å². The number of anilines is 1. The van der Waals surface area contributed by atoms with Crippen LogP contribution in [0.5, 0.6) is 0 Å². The summed E-state index contributed by atoms with van der Waals surface area (Å²) < 4.78 is 19.5. The van der Waals surface area contributed by atoms with Crippen LogP contribution in [0.4, 0.5) is 10.2 Å². The molecule has 0 aliphatic carbocycles. The van der Waals surface area contributed by atoms with Crippen molar-refractivity contribution in [1.82, 2.24) is 18.9 Å². The van der Waals surface area contributed by atoms with Crippen LogP contribution in [0.25, 0.3) is 16.2 Å². The number of nitrogens with zero attached hydrogens (tertiary/aromatic N) is 5. The van der Waals surface area contributed by atoms with Gasteiger partial charge < -0.3 is 20.2 Å². The number of carbonyl (C=O) groups is 1. The molecular formula is C14H10FN5O5S. The number of hydrogen-bond donors (Lipinski definition) is 3. The molecule has 3 N–H and O–H groups in total. The first-order valence-corrected chi connectivity index (χ1v) is 8.00. The molecule has 10 nitrogen and oxygen atoms in total. The lowest BCUT2D eigenvalue weighted by molar-refractivity contribution is -0.176. The monoisotopic (exact) mass is 379 g/mol. The maximum Gasteiger partial charge on any atom is 0.341 e. The van der Waals surface area contributed by atoms with E-state index < -0.39 is 28.6 Å². The van der Waals surface area contributed by atoms with Crippen LogP contribution in [-0.2, 0) is 0 Å². The minimum absolute atomic E-state index is 0.0125. The molecule has 0 unspecified atom stereocenters. The number of β-amino-alcohol motifs (C(OH)–C–C–N with tert-alkyl or cyclic N) is 2. The molecule has 4 heterocycles. The number of aliphatic hydroxyl groups is 2. The summed E-state index contributed by atoms with van der Waals surface area (Å²) in [5.74, 6) is -4.46. The molecule has 1 saturated heterocycles. The Morgan fingerprint density at radius 1 is 1.35 bits per heavy atom. The summed E-state index contributed by atoms with van der Waals surface area (Å²) in [7, 11) is 0. The Balaban J connectivity index is 2.00. The Morgan fingerprint density at radius 2 is 2.08 bits per heavy atom. The zero-order valence-electron chi connectivity index (χ0n) is 12.8. The fourth-order valence-corrected chi connectivity index (χ4v) is 3.23. The van der Waals surface area contributed by atoms with E-state index >= 15 is 0 Å². The molecule has 0 aromatic carbocycles. The Hall–Kier alpha value is -2.96. The third kappa shape index (κ3) is 2.51. The van der Waals surface area contributed by atoms with Gasteiger partial charge in [-0.25, -0.2) is 19.2 Å². The van der Waals surface area contributed by atoms with E-state index in [0.717, 1.165) is 23.8 Å². The molecule has 134 valence electrons. The third-order valence-electron chi connectivity index (χ3n) is 3.89. The Morgan fingerprint density at radius 3 is 2.65 bits per heavy atom. The summed E-state index contributed by atoms with van der Waals surface area (Å²) in [5.41, 5.74) is -1.45. The number of fused-ring (bicyclic) bond motifs is 1. The second-order valence-corrected chi connectivity index (χ2v) is 6.53. The van der Waals surface area contributed by atoms with Gasteiger partial charge in [0.1, 0.15) is 11.9 Å². The Bertz CT molecular complexity index is 1090. The smallest absolute Gasteiger partial charge is 0.341 e. The minimum atomic E-state index is -1.94. The molecule has 26 heavy (non-hydrogen) atoms. The highest BCUT2D eigenvalue weighted by Crippen LogP contribution is 2.29. The van der Waals surface area contributed by atoms with Crippen LogP contribution in [0.3, 0.4) is 0 Å². The summed E-state index contributed by atoms with van der Waals surface area (Å²) in [5, 5.41) is 28.1. The van der Waals surface area contributed by atoms with E-state index in [1.54, 1.807) is 0 Å². The minimum Gasteiger partial charge on any atom is -0.477 e. The van der Waals surface area contributed by atoms with E-state index in [0.29, 0.717) is 0 Å². The third-order valence-corrected chi connectivity index (χ3v) is 4.55. The van der Waals surface area contributed by atoms with Gasteiger partial charge in [0, 0.05) is 17.7 Å². The molecule has 0 saturated carbocycles. The van der Waals surface area contributed by atoms with Crippen LogP contribution >= 0.6 is 11.5 Å². The number of pyridine rings is 2. The molecule has 0 radical (unpaired) electrons. The number of aromatic carboxylic acids is 1. The first-order valence-electron chi connectivity index (χ1n) is 7.23. The van der Waals surface area contributed by atoms with Crippen molar-refractivity contribution in [2.24, 2.45) is 0 Å². The largest absolute Gasteiger partial charge is 0.477 e. The van der Waals surface area contributed by atoms with E-state index in [9.17, 15) is 29.3 Å². The lowest BCUT2D eigenvalue weighted by Crippen LogP contribution is -2.62. The highest BCUT2D eigenvalue weighted by atomic mass is 32.1. The molecule has 1 aliphatic heterocycles. The lowest BCUT2D eigenvalue weighted by Gasteiger charge is -2.43. The van der Waals surface area contributed by atoms with Crippen LogP contribution in [0.15, 0.2) is 23.4 Å². The maximum atomic E-state index is 14.4. The van der Waals surface area contributed by atoms with Crippen LogP contribution in [-0.4, -0.2) is 59.1 Å². The summed E-state index contributed by atoms with van der Waals surface area (Å²) in [6, 6.07) is 0.888. The molecule has 1 fully saturated rings. The van der Waals surface area contributed by atoms with Gasteiger partial charge >= 0.3 is 5.97 Å². The molecule has 0 spiro atoms. The van der Waals surface area contributed by atoms with Gasteiger partial charge in [-0.05, 0) is 6.07 Å². The van der Waals surface area contributed by atoms with Crippen molar-refractivity contribution in [2.75, 3.05) is 18.0 Å². The highest BCUT2D eigenvalue weighted by Gasteiger charge is 2.41. The predicted molar refractivity (Wildman–Crippen MR) is 87.1 cm³/mol. The van der Waals surface area contributed by atoms with Crippen LogP contribution < -0.4 is 10.3 Å². The van der Waals surface area contributed by atoms with Gasteiger partial charge in [-0.2, -0.15) is 4.37 Å². The molecular weight excluding hydrogens is 369 g/mol. The van der Waals surface area contributed by atoms with Gasteiger partial charge in [0.15, 0.2) is 23.1 Å². The van der Waals surface area contributed by atoms with Crippen molar-refractivity contribution in [3.8, 4) is 5.13 Å². The molecule has 0 atom stereocenters. The second-order valence-electron chi connectivity index (χ2n) is 5.77. The van der Waals surface area contributed by atoms with Crippen molar-refractivity contribution >= 4 is 34.4 Å². The molecule has 4 rings (SSSR count). The van der Waals surface area contributed by atoms with E-state index in [-0.39, 0.29) is 35.1 Å². The summed E-state index contributed by atoms with van der Waals surface area (Å²) in [6.07, 6.45) is 2.30. The average molecular weight is 379 g/mol. The quantitative estimate of drug-likeness (QED) is 0.517. The van der Waals surface area contributed by atoms with Gasteiger partial charge in [0.25, 0.3) is 0 Å². The zero-order chi connectivity index (χ0) is 18.6. The molecule has 3 aromatic rings. The number of hydrogen-bond acceptors (Lipinski definition) is 9. The van der Waals surface area contributed by atoms with Crippen molar-refractivity contribution in [2.45, 2.75) is 5.79 Å². The fourth-order valence-electron chi connectivity index (χ4n) is 2.72. The number of carboxylic acid groups (broad SMARTS) is 1. The summed E-state index contributed by atoms with van der Waals surface area (Å²) >= 11 is 0.935. The predicted octanol–water partition coefficient (Wildman–Crippen LogP) is -0.425. The SMILES string of the molecule is O=C(O)c1cn(-c2ncns2)c2nc(N3CC(O)(O)C3)c(F)cc2c1=O. The number of aromatic nitrogens is 4. The first-order chi connectivity index (χ1) is 12.3. The van der Waals surface area contributed by atoms with E-state index in [4.69, 9.17) is 0 Å². The number of rotatable bonds is 3. The average Bonchev–Trinajstić information content (AvgIpc) is 3.07. The van der Waals surface area contributed by atoms with Crippen LogP contribution in [0, 0.1) is 5.82 Å². The fraction of sp³-hybridized carbons (Fsp3) is 0.214. The van der Waals surface area contributed by atoms with Crippen molar-refractivity contribution in [1.29, 1.82) is 0 Å². The van der Waals surface area contributed by atoms with Gasteiger partial charge in [-0.1, -0.05) is 0 Å². The molecule has 1 aliphatic rings. The van der Waals surface area contributed by atoms with E-state index in [2.05, 4.69) is 14.3 Å². The van der Waals surface area contributed by atoms with E-state index in [1.807, 2.05) is 0 Å². The zero-order valence-corrected chi connectivity index (χ0v) is 13.6. The molecule has 3 aromatic heterocycles. The van der Waals surface area contributed by atoms with Gasteiger partial charge in [0.2, 0.25) is 10.6 Å². The van der Waals surface area contributed by atoms with Crippen LogP contribution in [0.1, 0.15) is 10.4 Å². The van der Waals surface area contributed by atoms with Crippen LogP contribution in [0.2, 0.25) is 0 Å². The van der Waals surface area contributed by atoms with Crippen molar-refractivity contribution in [3.63, 3.8) is 0 Å². The summed E-state index contributed by atoms with van der Waals surface area (Å²) in [6.45, 7) is -0.503. The Labute approximate surface area is 147 Å². The van der Waals surface area contributed by atoms with E-state index in [1.165, 1.54) is 15.8 Å². The summed E-state index contributed by atoms with van der Waals surface area (Å²) in [4.78, 5) is 33.1. The standard InChI is InChI=1S/C14H10FN5O5S/c15-8-1-6-9(21)7(12(22)23)2-20(13-16-5-17-26-13)10(6)18-11(8)19-3-14(24,25)4-19/h1-2,5,24-25H,3-4H2,(H,22,23). The Kier molecular flexibility index (Phi) is 3.50. The topological polar surface area (TPSA) is 142 Å². The molecule has 0 bridgehead atoms. The molecule has 0 amide bonds. The molecule has 12 heteroatoms.